The summed E-state index contributed by atoms with van der Waals surface area (Å²) in [5, 5.41) is 9.12. The van der Waals surface area contributed by atoms with Crippen LogP contribution in [0.5, 0.6) is 5.75 Å². The van der Waals surface area contributed by atoms with E-state index >= 15 is 0 Å². The van der Waals surface area contributed by atoms with Crippen LogP contribution in [-0.2, 0) is 20.9 Å². The molecule has 0 radical (unpaired) electrons. The molecule has 1 fully saturated rings. The number of nitrogens with zero attached hydrogens (tertiary/aromatic N) is 4. The molecule has 2 aliphatic heterocycles. The molecule has 4 rings (SSSR count). The third-order valence-electron chi connectivity index (χ3n) is 5.05. The van der Waals surface area contributed by atoms with Crippen molar-refractivity contribution in [1.82, 2.24) is 5.01 Å². The largest absolute Gasteiger partial charge is 0.496 e. The van der Waals surface area contributed by atoms with Crippen molar-refractivity contribution in [2.24, 2.45) is 10.3 Å². The van der Waals surface area contributed by atoms with Gasteiger partial charge in [0.2, 0.25) is 0 Å². The summed E-state index contributed by atoms with van der Waals surface area (Å²) in [6, 6.07) is 5.20. The van der Waals surface area contributed by atoms with Gasteiger partial charge in [-0.3, -0.25) is 14.6 Å². The van der Waals surface area contributed by atoms with E-state index < -0.39 is 41.5 Å². The van der Waals surface area contributed by atoms with E-state index in [-0.39, 0.29) is 17.8 Å². The highest BCUT2D eigenvalue weighted by Gasteiger charge is 2.54. The van der Waals surface area contributed by atoms with Gasteiger partial charge >= 0.3 is 5.97 Å². The molecule has 0 saturated carbocycles. The van der Waals surface area contributed by atoms with Gasteiger partial charge in [0.05, 0.1) is 32.0 Å². The van der Waals surface area contributed by atoms with Crippen LogP contribution in [0.3, 0.4) is 0 Å². The van der Waals surface area contributed by atoms with Crippen LogP contribution in [0.15, 0.2) is 46.7 Å². The van der Waals surface area contributed by atoms with E-state index in [1.165, 1.54) is 31.4 Å². The smallest absolute Gasteiger partial charge is 0.337 e. The zero-order chi connectivity index (χ0) is 22.3. The Morgan fingerprint density at radius 3 is 2.52 bits per heavy atom. The number of fused-ring (bicyclic) bond motifs is 1. The fourth-order valence-electron chi connectivity index (χ4n) is 3.55. The predicted molar refractivity (Wildman–Crippen MR) is 101 cm³/mol. The van der Waals surface area contributed by atoms with Gasteiger partial charge < -0.3 is 9.47 Å². The van der Waals surface area contributed by atoms with Crippen LogP contribution in [0, 0.1) is 11.6 Å². The number of hydrogen-bond donors (Lipinski definition) is 0. The summed E-state index contributed by atoms with van der Waals surface area (Å²) in [5.74, 6) is -3.77. The number of esters is 1. The normalized spacial score (nSPS) is 19.7. The zero-order valence-corrected chi connectivity index (χ0v) is 16.4. The molecule has 2 amide bonds. The van der Waals surface area contributed by atoms with Crippen molar-refractivity contribution in [3.05, 3.63) is 59.2 Å². The van der Waals surface area contributed by atoms with Crippen molar-refractivity contribution in [2.45, 2.75) is 18.6 Å². The average molecular weight is 430 g/mol. The highest BCUT2D eigenvalue weighted by molar-refractivity contribution is 6.25. The Morgan fingerprint density at radius 1 is 1.06 bits per heavy atom. The first kappa shape index (κ1) is 20.4. The lowest BCUT2D eigenvalue weighted by atomic mass is 10.1. The van der Waals surface area contributed by atoms with Crippen molar-refractivity contribution < 1.29 is 32.6 Å². The van der Waals surface area contributed by atoms with E-state index in [9.17, 15) is 23.2 Å². The van der Waals surface area contributed by atoms with Gasteiger partial charge in [-0.1, -0.05) is 5.22 Å². The van der Waals surface area contributed by atoms with E-state index in [2.05, 4.69) is 10.3 Å². The molecule has 2 aromatic rings. The quantitative estimate of drug-likeness (QED) is 0.533. The molecule has 9 nitrogen and oxygen atoms in total. The van der Waals surface area contributed by atoms with Crippen LogP contribution in [0.2, 0.25) is 0 Å². The maximum absolute atomic E-state index is 13.6. The molecule has 0 aromatic heterocycles. The fourth-order valence-corrected chi connectivity index (χ4v) is 3.55. The van der Waals surface area contributed by atoms with Crippen LogP contribution in [0.4, 0.5) is 14.5 Å². The summed E-state index contributed by atoms with van der Waals surface area (Å²) >= 11 is 0. The second-order valence-electron chi connectivity index (χ2n) is 6.82. The first-order valence-electron chi connectivity index (χ1n) is 9.11. The molecule has 0 unspecified atom stereocenters. The SMILES string of the molecule is COC(=O)c1ccc(OC)c(CN2N=N[C@H]3C(=O)N(c4ccc(F)c(F)c4)C(=O)[C@@H]32)c1. The number of benzene rings is 2. The third-order valence-corrected chi connectivity index (χ3v) is 5.05. The van der Waals surface area contributed by atoms with Gasteiger partial charge in [-0.05, 0) is 30.3 Å². The first-order chi connectivity index (χ1) is 14.8. The molecule has 2 aromatic carbocycles. The second-order valence-corrected chi connectivity index (χ2v) is 6.82. The topological polar surface area (TPSA) is 101 Å². The monoisotopic (exact) mass is 430 g/mol. The maximum Gasteiger partial charge on any atom is 0.337 e. The number of carbonyl (C=O) groups excluding carboxylic acids is 3. The Morgan fingerprint density at radius 2 is 1.84 bits per heavy atom. The summed E-state index contributed by atoms with van der Waals surface area (Å²) in [4.78, 5) is 38.3. The molecule has 0 spiro atoms. The molecule has 2 aliphatic rings. The number of imide groups is 1. The highest BCUT2D eigenvalue weighted by Crippen LogP contribution is 2.34. The molecule has 0 bridgehead atoms. The first-order valence-corrected chi connectivity index (χ1v) is 9.11. The van der Waals surface area contributed by atoms with E-state index in [1.54, 1.807) is 6.07 Å². The Hall–Kier alpha value is -3.89. The molecular formula is C20H16F2N4O5. The highest BCUT2D eigenvalue weighted by atomic mass is 19.2. The number of rotatable bonds is 5. The summed E-state index contributed by atoms with van der Waals surface area (Å²) in [7, 11) is 2.70. The maximum atomic E-state index is 13.6. The van der Waals surface area contributed by atoms with Crippen molar-refractivity contribution in [2.75, 3.05) is 19.1 Å². The predicted octanol–water partition coefficient (Wildman–Crippen LogP) is 2.25. The Bertz CT molecular complexity index is 1120. The minimum absolute atomic E-state index is 0.00329. The van der Waals surface area contributed by atoms with Crippen molar-refractivity contribution in [3.8, 4) is 5.75 Å². The van der Waals surface area contributed by atoms with Gasteiger partial charge in [0.1, 0.15) is 5.75 Å². The molecule has 1 saturated heterocycles. The molecule has 31 heavy (non-hydrogen) atoms. The van der Waals surface area contributed by atoms with Crippen LogP contribution in [-0.4, -0.2) is 49.1 Å². The van der Waals surface area contributed by atoms with Crippen LogP contribution >= 0.6 is 0 Å². The van der Waals surface area contributed by atoms with Gasteiger partial charge in [-0.15, -0.1) is 0 Å². The lowest BCUT2D eigenvalue weighted by Crippen LogP contribution is -2.39. The molecule has 0 N–H and O–H groups in total. The lowest BCUT2D eigenvalue weighted by Gasteiger charge is -2.21. The fraction of sp³-hybridized carbons (Fsp3) is 0.250. The Labute approximate surface area is 174 Å². The number of methoxy groups -OCH3 is 2. The molecular weight excluding hydrogens is 414 g/mol. The molecule has 2 heterocycles. The zero-order valence-electron chi connectivity index (χ0n) is 16.4. The lowest BCUT2D eigenvalue weighted by molar-refractivity contribution is -0.123. The summed E-state index contributed by atoms with van der Waals surface area (Å²) in [6.45, 7) is 0.00329. The second kappa shape index (κ2) is 7.74. The van der Waals surface area contributed by atoms with Crippen molar-refractivity contribution in [3.63, 3.8) is 0 Å². The summed E-state index contributed by atoms with van der Waals surface area (Å²) in [6.07, 6.45) is 0. The van der Waals surface area contributed by atoms with Gasteiger partial charge in [0.15, 0.2) is 23.7 Å². The third kappa shape index (κ3) is 3.37. The number of anilines is 1. The Kier molecular flexibility index (Phi) is 5.09. The van der Waals surface area contributed by atoms with E-state index in [0.29, 0.717) is 11.3 Å². The summed E-state index contributed by atoms with van der Waals surface area (Å²) < 4.78 is 36.9. The van der Waals surface area contributed by atoms with E-state index in [4.69, 9.17) is 9.47 Å². The van der Waals surface area contributed by atoms with Gasteiger partial charge in [0, 0.05) is 11.6 Å². The van der Waals surface area contributed by atoms with Crippen LogP contribution in [0.1, 0.15) is 15.9 Å². The van der Waals surface area contributed by atoms with Crippen molar-refractivity contribution in [1.29, 1.82) is 0 Å². The van der Waals surface area contributed by atoms with Gasteiger partial charge in [-0.2, -0.15) is 5.11 Å². The number of halogens is 2. The average Bonchev–Trinajstić information content (AvgIpc) is 3.29. The van der Waals surface area contributed by atoms with Crippen molar-refractivity contribution >= 4 is 23.5 Å². The number of hydrogen-bond acceptors (Lipinski definition) is 8. The van der Waals surface area contributed by atoms with Gasteiger partial charge in [-0.25, -0.2) is 18.5 Å². The number of amides is 2. The molecule has 2 atom stereocenters. The molecule has 11 heteroatoms. The van der Waals surface area contributed by atoms with Gasteiger partial charge in [0.25, 0.3) is 11.8 Å². The number of carbonyl (C=O) groups is 3. The van der Waals surface area contributed by atoms with E-state index in [0.717, 1.165) is 23.1 Å². The van der Waals surface area contributed by atoms with E-state index in [1.807, 2.05) is 0 Å². The van der Waals surface area contributed by atoms with Crippen LogP contribution in [0.25, 0.3) is 0 Å². The number of ether oxygens (including phenoxy) is 2. The molecule has 0 aliphatic carbocycles. The minimum Gasteiger partial charge on any atom is -0.496 e. The molecule has 160 valence electrons. The van der Waals surface area contributed by atoms with Crippen LogP contribution < -0.4 is 9.64 Å². The summed E-state index contributed by atoms with van der Waals surface area (Å²) in [5.41, 5.74) is 0.684. The standard InChI is InChI=1S/C20H16F2N4O5/c1-30-15-6-3-10(20(29)31-2)7-11(15)9-25-17-16(23-24-25)18(27)26(19(17)28)12-4-5-13(21)14(22)8-12/h3-8,16-17H,9H2,1-2H3/t16-,17-/m1/s1. The Balaban J connectivity index is 1.63. The minimum atomic E-state index is -1.18.